The van der Waals surface area contributed by atoms with Gasteiger partial charge in [-0.15, -0.1) is 10.2 Å². The normalized spacial score (nSPS) is 19.1. The molecule has 7 heteroatoms. The highest BCUT2D eigenvalue weighted by atomic mass is 19.1. The molecule has 1 N–H and O–H groups in total. The Morgan fingerprint density at radius 1 is 1.08 bits per heavy atom. The van der Waals surface area contributed by atoms with E-state index in [4.69, 9.17) is 4.42 Å². The number of halogens is 1. The fraction of sp³-hybridized carbons (Fsp3) is 0.500. The minimum Gasteiger partial charge on any atom is -0.425 e. The number of rotatable bonds is 5. The summed E-state index contributed by atoms with van der Waals surface area (Å²) < 4.78 is 18.7. The first kappa shape index (κ1) is 16.2. The standard InChI is InChI=1S/C18H21FN4O2/c19-14-3-5-15(6-4-14)20-16(24)11-23-9-7-13(8-10-23)18-22-21-17(25-18)12-1-2-12/h3-6,12-13H,1-2,7-11H2,(H,20,24). The maximum Gasteiger partial charge on any atom is 0.238 e. The van der Waals surface area contributed by atoms with Gasteiger partial charge in [0, 0.05) is 17.5 Å². The van der Waals surface area contributed by atoms with Crippen LogP contribution in [0.2, 0.25) is 0 Å². The van der Waals surface area contributed by atoms with Crippen molar-refractivity contribution in [1.29, 1.82) is 0 Å². The number of piperidine rings is 1. The van der Waals surface area contributed by atoms with Crippen LogP contribution in [0.1, 0.15) is 49.3 Å². The summed E-state index contributed by atoms with van der Waals surface area (Å²) in [5.74, 6) is 1.91. The molecule has 2 fully saturated rings. The van der Waals surface area contributed by atoms with Crippen LogP contribution in [0, 0.1) is 5.82 Å². The van der Waals surface area contributed by atoms with E-state index in [1.54, 1.807) is 12.1 Å². The predicted molar refractivity (Wildman–Crippen MR) is 89.7 cm³/mol. The van der Waals surface area contributed by atoms with Crippen LogP contribution in [-0.4, -0.2) is 40.6 Å². The summed E-state index contributed by atoms with van der Waals surface area (Å²) in [6.07, 6.45) is 4.14. The Balaban J connectivity index is 1.25. The van der Waals surface area contributed by atoms with Crippen molar-refractivity contribution >= 4 is 11.6 Å². The third kappa shape index (κ3) is 4.04. The first-order valence-electron chi connectivity index (χ1n) is 8.78. The number of carbonyl (C=O) groups is 1. The van der Waals surface area contributed by atoms with Crippen molar-refractivity contribution in [3.8, 4) is 0 Å². The first-order valence-corrected chi connectivity index (χ1v) is 8.78. The quantitative estimate of drug-likeness (QED) is 0.903. The number of nitrogens with one attached hydrogen (secondary N) is 1. The molecule has 1 aliphatic heterocycles. The molecule has 1 aromatic heterocycles. The van der Waals surface area contributed by atoms with E-state index < -0.39 is 0 Å². The number of aromatic nitrogens is 2. The SMILES string of the molecule is O=C(CN1CCC(c2nnc(C3CC3)o2)CC1)Nc1ccc(F)cc1. The molecule has 0 spiro atoms. The Labute approximate surface area is 145 Å². The zero-order valence-corrected chi connectivity index (χ0v) is 13.9. The van der Waals surface area contributed by atoms with Gasteiger partial charge in [0.1, 0.15) is 5.82 Å². The summed E-state index contributed by atoms with van der Waals surface area (Å²) in [4.78, 5) is 14.2. The molecule has 2 heterocycles. The van der Waals surface area contributed by atoms with E-state index in [0.717, 1.165) is 50.6 Å². The van der Waals surface area contributed by atoms with Crippen LogP contribution < -0.4 is 5.32 Å². The van der Waals surface area contributed by atoms with Crippen LogP contribution >= 0.6 is 0 Å². The Kier molecular flexibility index (Phi) is 4.48. The molecule has 0 unspecified atom stereocenters. The molecule has 0 atom stereocenters. The summed E-state index contributed by atoms with van der Waals surface area (Å²) in [6, 6.07) is 5.79. The highest BCUT2D eigenvalue weighted by Crippen LogP contribution is 2.40. The van der Waals surface area contributed by atoms with Crippen molar-refractivity contribution in [1.82, 2.24) is 15.1 Å². The van der Waals surface area contributed by atoms with E-state index in [-0.39, 0.29) is 17.6 Å². The van der Waals surface area contributed by atoms with Gasteiger partial charge in [0.25, 0.3) is 0 Å². The van der Waals surface area contributed by atoms with Gasteiger partial charge in [0.05, 0.1) is 6.54 Å². The predicted octanol–water partition coefficient (Wildman–Crippen LogP) is 2.90. The molecule has 1 saturated carbocycles. The number of amides is 1. The molecule has 2 aromatic rings. The number of hydrogen-bond donors (Lipinski definition) is 1. The smallest absolute Gasteiger partial charge is 0.238 e. The number of anilines is 1. The first-order chi connectivity index (χ1) is 12.2. The van der Waals surface area contributed by atoms with Gasteiger partial charge in [-0.3, -0.25) is 9.69 Å². The van der Waals surface area contributed by atoms with Crippen LogP contribution in [0.3, 0.4) is 0 Å². The second-order valence-electron chi connectivity index (χ2n) is 6.86. The number of likely N-dealkylation sites (tertiary alicyclic amines) is 1. The third-order valence-electron chi connectivity index (χ3n) is 4.81. The summed E-state index contributed by atoms with van der Waals surface area (Å²) in [6.45, 7) is 1.98. The molecule has 1 aliphatic carbocycles. The Morgan fingerprint density at radius 3 is 2.28 bits per heavy atom. The van der Waals surface area contributed by atoms with E-state index in [1.807, 2.05) is 0 Å². The number of benzene rings is 1. The summed E-state index contributed by atoms with van der Waals surface area (Å²) in [7, 11) is 0. The van der Waals surface area contributed by atoms with Gasteiger partial charge in [0.15, 0.2) is 0 Å². The summed E-state index contributed by atoms with van der Waals surface area (Å²) >= 11 is 0. The fourth-order valence-electron chi connectivity index (χ4n) is 3.18. The van der Waals surface area contributed by atoms with Crippen molar-refractivity contribution in [2.75, 3.05) is 25.0 Å². The van der Waals surface area contributed by atoms with Gasteiger partial charge in [-0.2, -0.15) is 0 Å². The molecule has 2 aliphatic rings. The number of hydrogen-bond acceptors (Lipinski definition) is 5. The molecule has 132 valence electrons. The molecule has 4 rings (SSSR count). The lowest BCUT2D eigenvalue weighted by atomic mass is 9.97. The van der Waals surface area contributed by atoms with E-state index in [0.29, 0.717) is 18.2 Å². The van der Waals surface area contributed by atoms with Gasteiger partial charge in [0.2, 0.25) is 17.7 Å². The Bertz CT molecular complexity index is 734. The summed E-state index contributed by atoms with van der Waals surface area (Å²) in [5, 5.41) is 11.2. The van der Waals surface area contributed by atoms with Crippen molar-refractivity contribution in [2.24, 2.45) is 0 Å². The van der Waals surface area contributed by atoms with Crippen molar-refractivity contribution < 1.29 is 13.6 Å². The van der Waals surface area contributed by atoms with E-state index >= 15 is 0 Å². The Hall–Kier alpha value is -2.28. The molecule has 1 amide bonds. The second kappa shape index (κ2) is 6.92. The minimum absolute atomic E-state index is 0.0844. The molecule has 0 bridgehead atoms. The van der Waals surface area contributed by atoms with Gasteiger partial charge in [-0.05, 0) is 63.0 Å². The van der Waals surface area contributed by atoms with Crippen LogP contribution in [0.25, 0.3) is 0 Å². The van der Waals surface area contributed by atoms with Crippen molar-refractivity contribution in [2.45, 2.75) is 37.5 Å². The minimum atomic E-state index is -0.314. The van der Waals surface area contributed by atoms with Crippen LogP contribution in [-0.2, 0) is 4.79 Å². The Morgan fingerprint density at radius 2 is 1.68 bits per heavy atom. The van der Waals surface area contributed by atoms with Crippen molar-refractivity contribution in [3.05, 3.63) is 41.9 Å². The average molecular weight is 344 g/mol. The van der Waals surface area contributed by atoms with Crippen LogP contribution in [0.5, 0.6) is 0 Å². The molecular weight excluding hydrogens is 323 g/mol. The highest BCUT2D eigenvalue weighted by molar-refractivity contribution is 5.92. The average Bonchev–Trinajstić information content (AvgIpc) is 3.35. The van der Waals surface area contributed by atoms with E-state index in [2.05, 4.69) is 20.4 Å². The lowest BCUT2D eigenvalue weighted by Crippen LogP contribution is -2.38. The lowest BCUT2D eigenvalue weighted by molar-refractivity contribution is -0.117. The topological polar surface area (TPSA) is 71.3 Å². The van der Waals surface area contributed by atoms with Gasteiger partial charge in [-0.1, -0.05) is 0 Å². The largest absolute Gasteiger partial charge is 0.425 e. The monoisotopic (exact) mass is 344 g/mol. The molecular formula is C18H21FN4O2. The maximum absolute atomic E-state index is 12.9. The van der Waals surface area contributed by atoms with Crippen LogP contribution in [0.4, 0.5) is 10.1 Å². The van der Waals surface area contributed by atoms with Crippen LogP contribution in [0.15, 0.2) is 28.7 Å². The second-order valence-corrected chi connectivity index (χ2v) is 6.86. The van der Waals surface area contributed by atoms with E-state index in [9.17, 15) is 9.18 Å². The fourth-order valence-corrected chi connectivity index (χ4v) is 3.18. The number of nitrogens with zero attached hydrogens (tertiary/aromatic N) is 3. The third-order valence-corrected chi connectivity index (χ3v) is 4.81. The molecule has 0 radical (unpaired) electrons. The maximum atomic E-state index is 12.9. The lowest BCUT2D eigenvalue weighted by Gasteiger charge is -2.29. The molecule has 25 heavy (non-hydrogen) atoms. The highest BCUT2D eigenvalue weighted by Gasteiger charge is 2.31. The zero-order valence-electron chi connectivity index (χ0n) is 13.9. The van der Waals surface area contributed by atoms with Gasteiger partial charge >= 0.3 is 0 Å². The molecule has 1 aromatic carbocycles. The zero-order chi connectivity index (χ0) is 17.2. The van der Waals surface area contributed by atoms with Gasteiger partial charge in [-0.25, -0.2) is 4.39 Å². The molecule has 6 nitrogen and oxygen atoms in total. The van der Waals surface area contributed by atoms with Gasteiger partial charge < -0.3 is 9.73 Å². The number of carbonyl (C=O) groups excluding carboxylic acids is 1. The van der Waals surface area contributed by atoms with Crippen molar-refractivity contribution in [3.63, 3.8) is 0 Å². The summed E-state index contributed by atoms with van der Waals surface area (Å²) in [5.41, 5.74) is 0.611. The van der Waals surface area contributed by atoms with E-state index in [1.165, 1.54) is 12.1 Å². The molecule has 1 saturated heterocycles.